The molecule has 4 aromatic rings. The summed E-state index contributed by atoms with van der Waals surface area (Å²) >= 11 is 5.81. The van der Waals surface area contributed by atoms with Crippen molar-refractivity contribution >= 4 is 22.4 Å². The first-order valence-corrected chi connectivity index (χ1v) is 12.7. The Morgan fingerprint density at radius 3 is 2.50 bits per heavy atom. The maximum atomic E-state index is 13.4. The standard InChI is InChI=1S/C28H21ClF3N3O5/c1-26-20(36)11-27(40-26,8-9-34-13-15(28(30,31)32)10-18(29)23(34)37)22-21(26)24(38)35(25(22)39)19-7-6-14(12-33)16-4-2-3-5-17(16)19/h2-7,10,13,20,36,38-39H,8-9,11H2,1H3/t20-,26-,27+/m0/s1. The van der Waals surface area contributed by atoms with Crippen LogP contribution in [0.25, 0.3) is 16.5 Å². The zero-order valence-electron chi connectivity index (χ0n) is 20.8. The third kappa shape index (κ3) is 3.49. The van der Waals surface area contributed by atoms with Gasteiger partial charge in [0.15, 0.2) is 0 Å². The van der Waals surface area contributed by atoms with Gasteiger partial charge in [0.05, 0.1) is 40.1 Å². The van der Waals surface area contributed by atoms with Gasteiger partial charge in [-0.1, -0.05) is 35.9 Å². The van der Waals surface area contributed by atoms with Crippen LogP contribution >= 0.6 is 11.6 Å². The maximum absolute atomic E-state index is 13.4. The smallest absolute Gasteiger partial charge is 0.417 e. The average molecular weight is 572 g/mol. The van der Waals surface area contributed by atoms with Gasteiger partial charge in [-0.2, -0.15) is 18.4 Å². The largest absolute Gasteiger partial charge is 0.494 e. The molecule has 6 rings (SSSR count). The van der Waals surface area contributed by atoms with Gasteiger partial charge in [0.25, 0.3) is 5.56 Å². The van der Waals surface area contributed by atoms with Gasteiger partial charge in [-0.15, -0.1) is 0 Å². The molecule has 3 N–H and O–H groups in total. The Balaban J connectivity index is 1.49. The van der Waals surface area contributed by atoms with Crippen LogP contribution in [-0.4, -0.2) is 30.6 Å². The number of rotatable bonds is 4. The van der Waals surface area contributed by atoms with Crippen LogP contribution < -0.4 is 5.56 Å². The molecule has 0 spiro atoms. The molecule has 206 valence electrons. The van der Waals surface area contributed by atoms with Crippen molar-refractivity contribution in [3.05, 3.63) is 86.3 Å². The molecule has 2 bridgehead atoms. The molecule has 12 heteroatoms. The molecule has 2 aliphatic rings. The van der Waals surface area contributed by atoms with E-state index in [1.165, 1.54) is 4.57 Å². The van der Waals surface area contributed by atoms with E-state index >= 15 is 0 Å². The van der Waals surface area contributed by atoms with Crippen molar-refractivity contribution in [1.82, 2.24) is 9.13 Å². The van der Waals surface area contributed by atoms with E-state index in [2.05, 4.69) is 6.07 Å². The lowest BCUT2D eigenvalue weighted by molar-refractivity contribution is -0.138. The zero-order valence-corrected chi connectivity index (χ0v) is 21.6. The number of pyridine rings is 1. The van der Waals surface area contributed by atoms with Crippen molar-refractivity contribution < 1.29 is 33.2 Å². The second-order valence-electron chi connectivity index (χ2n) is 10.3. The van der Waals surface area contributed by atoms with Crippen molar-refractivity contribution in [2.24, 2.45) is 0 Å². The molecule has 0 aliphatic carbocycles. The molecule has 2 aliphatic heterocycles. The number of benzene rings is 2. The highest BCUT2D eigenvalue weighted by Gasteiger charge is 2.66. The minimum absolute atomic E-state index is 0.0386. The number of aromatic hydroxyl groups is 2. The van der Waals surface area contributed by atoms with Gasteiger partial charge >= 0.3 is 6.18 Å². The second kappa shape index (κ2) is 8.51. The van der Waals surface area contributed by atoms with Crippen LogP contribution in [0.1, 0.15) is 42.0 Å². The SMILES string of the molecule is C[C@]12O[C@](CCn3cc(C(F)(F)F)cc(Cl)c3=O)(C[C@@H]1O)c1c2c(O)n(-c2ccc(C#N)c3ccccc23)c1O. The number of ether oxygens (including phenoxy) is 1. The van der Waals surface area contributed by atoms with E-state index in [0.29, 0.717) is 34.3 Å². The number of hydrogen-bond acceptors (Lipinski definition) is 6. The Hall–Kier alpha value is -3.98. The molecule has 0 radical (unpaired) electrons. The summed E-state index contributed by atoms with van der Waals surface area (Å²) in [5.41, 5.74) is -3.72. The number of aromatic nitrogens is 2. The number of aliphatic hydroxyl groups excluding tert-OH is 1. The van der Waals surface area contributed by atoms with Gasteiger partial charge in [0.2, 0.25) is 11.8 Å². The molecule has 0 amide bonds. The van der Waals surface area contributed by atoms with Gasteiger partial charge in [0.1, 0.15) is 16.2 Å². The Kier molecular flexibility index (Phi) is 5.58. The molecule has 1 fully saturated rings. The Labute approximate surface area is 229 Å². The van der Waals surface area contributed by atoms with Crippen LogP contribution in [-0.2, 0) is 28.7 Å². The molecule has 8 nitrogen and oxygen atoms in total. The predicted octanol–water partition coefficient (Wildman–Crippen LogP) is 5.04. The molecule has 0 unspecified atom stereocenters. The molecule has 0 saturated carbocycles. The highest BCUT2D eigenvalue weighted by Crippen LogP contribution is 2.65. The van der Waals surface area contributed by atoms with Crippen LogP contribution in [0.4, 0.5) is 13.2 Å². The Morgan fingerprint density at radius 1 is 1.15 bits per heavy atom. The second-order valence-corrected chi connectivity index (χ2v) is 10.7. The summed E-state index contributed by atoms with van der Waals surface area (Å²) in [6.45, 7) is 1.27. The number of hydrogen-bond donors (Lipinski definition) is 3. The Bertz CT molecular complexity index is 1830. The van der Waals surface area contributed by atoms with E-state index in [1.54, 1.807) is 43.3 Å². The van der Waals surface area contributed by atoms with E-state index in [4.69, 9.17) is 16.3 Å². The first-order chi connectivity index (χ1) is 18.8. The van der Waals surface area contributed by atoms with Crippen LogP contribution in [0.3, 0.4) is 0 Å². The topological polar surface area (TPSA) is 121 Å². The highest BCUT2D eigenvalue weighted by molar-refractivity contribution is 6.30. The van der Waals surface area contributed by atoms with Crippen molar-refractivity contribution in [2.75, 3.05) is 0 Å². The summed E-state index contributed by atoms with van der Waals surface area (Å²) in [7, 11) is 0. The van der Waals surface area contributed by atoms with E-state index in [-0.39, 0.29) is 42.3 Å². The van der Waals surface area contributed by atoms with Crippen LogP contribution in [0.15, 0.2) is 53.5 Å². The summed E-state index contributed by atoms with van der Waals surface area (Å²) in [6.07, 6.45) is -5.35. The number of aliphatic hydroxyl groups is 1. The minimum atomic E-state index is -4.73. The third-order valence-electron chi connectivity index (χ3n) is 8.03. The summed E-state index contributed by atoms with van der Waals surface area (Å²) in [5.74, 6) is -0.767. The van der Waals surface area contributed by atoms with Gasteiger partial charge in [-0.05, 0) is 31.5 Å². The first-order valence-electron chi connectivity index (χ1n) is 12.3. The fraction of sp³-hybridized carbons (Fsp3) is 0.286. The van der Waals surface area contributed by atoms with E-state index in [1.807, 2.05) is 0 Å². The molecule has 1 saturated heterocycles. The molecular weight excluding hydrogens is 551 g/mol. The van der Waals surface area contributed by atoms with Crippen LogP contribution in [0, 0.1) is 11.3 Å². The normalized spacial score (nSPS) is 23.5. The van der Waals surface area contributed by atoms with Gasteiger partial charge in [-0.25, -0.2) is 0 Å². The fourth-order valence-electron chi connectivity index (χ4n) is 6.15. The maximum Gasteiger partial charge on any atom is 0.417 e. The number of nitriles is 1. The van der Waals surface area contributed by atoms with E-state index in [0.717, 1.165) is 4.57 Å². The predicted molar refractivity (Wildman–Crippen MR) is 137 cm³/mol. The van der Waals surface area contributed by atoms with Crippen LogP contribution in [0.5, 0.6) is 11.8 Å². The lowest BCUT2D eigenvalue weighted by Crippen LogP contribution is -2.33. The molecule has 4 heterocycles. The molecular formula is C28H21ClF3N3O5. The van der Waals surface area contributed by atoms with E-state index in [9.17, 15) is 38.5 Å². The molecule has 2 aromatic carbocycles. The van der Waals surface area contributed by atoms with Crippen LogP contribution in [0.2, 0.25) is 5.02 Å². The number of alkyl halides is 3. The minimum Gasteiger partial charge on any atom is -0.494 e. The summed E-state index contributed by atoms with van der Waals surface area (Å²) < 4.78 is 48.4. The van der Waals surface area contributed by atoms with Crippen molar-refractivity contribution in [3.63, 3.8) is 0 Å². The summed E-state index contributed by atoms with van der Waals surface area (Å²) in [4.78, 5) is 12.6. The lowest BCUT2D eigenvalue weighted by atomic mass is 9.76. The van der Waals surface area contributed by atoms with Crippen molar-refractivity contribution in [3.8, 4) is 23.5 Å². The number of aryl methyl sites for hydroxylation is 1. The number of halogens is 4. The summed E-state index contributed by atoms with van der Waals surface area (Å²) in [5, 5.41) is 44.0. The fourth-order valence-corrected chi connectivity index (χ4v) is 6.37. The van der Waals surface area contributed by atoms with Gasteiger partial charge < -0.3 is 24.6 Å². The monoisotopic (exact) mass is 571 g/mol. The number of fused-ring (bicyclic) bond motifs is 6. The quantitative estimate of drug-likeness (QED) is 0.315. The number of nitrogens with zero attached hydrogens (tertiary/aromatic N) is 3. The van der Waals surface area contributed by atoms with E-state index < -0.39 is 39.6 Å². The molecule has 3 atom stereocenters. The molecule has 40 heavy (non-hydrogen) atoms. The Morgan fingerprint density at radius 2 is 1.82 bits per heavy atom. The molecule has 2 aromatic heterocycles. The highest BCUT2D eigenvalue weighted by atomic mass is 35.5. The van der Waals surface area contributed by atoms with Gasteiger partial charge in [0, 0.05) is 29.9 Å². The van der Waals surface area contributed by atoms with Crippen molar-refractivity contribution in [2.45, 2.75) is 49.8 Å². The van der Waals surface area contributed by atoms with Gasteiger partial charge in [-0.3, -0.25) is 9.36 Å². The third-order valence-corrected chi connectivity index (χ3v) is 8.30. The summed E-state index contributed by atoms with van der Waals surface area (Å²) in [6, 6.07) is 12.8. The lowest BCUT2D eigenvalue weighted by Gasteiger charge is -2.27. The average Bonchev–Trinajstić information content (AvgIpc) is 3.44. The van der Waals surface area contributed by atoms with Crippen molar-refractivity contribution in [1.29, 1.82) is 5.26 Å². The first kappa shape index (κ1) is 26.3. The zero-order chi connectivity index (χ0) is 28.8.